The van der Waals surface area contributed by atoms with Gasteiger partial charge < -0.3 is 4.74 Å². The molecule has 0 aliphatic heterocycles. The summed E-state index contributed by atoms with van der Waals surface area (Å²) in [5.41, 5.74) is 2.11. The highest BCUT2D eigenvalue weighted by Gasteiger charge is 2.05. The van der Waals surface area contributed by atoms with Crippen LogP contribution in [-0.2, 0) is 6.42 Å². The van der Waals surface area contributed by atoms with Gasteiger partial charge in [0.2, 0.25) is 0 Å². The maximum Gasteiger partial charge on any atom is 0.165 e. The van der Waals surface area contributed by atoms with Gasteiger partial charge in [-0.3, -0.25) is 0 Å². The molecular weight excluding hydrogens is 155 g/mol. The molecule has 0 saturated carbocycles. The van der Waals surface area contributed by atoms with Crippen LogP contribution in [0.25, 0.3) is 0 Å². The summed E-state index contributed by atoms with van der Waals surface area (Å²) < 4.78 is 17.9. The third-order valence-corrected chi connectivity index (χ3v) is 1.99. The normalized spacial score (nSPS) is 10.0. The Balaban J connectivity index is 3.18. The van der Waals surface area contributed by atoms with Gasteiger partial charge in [0.05, 0.1) is 7.11 Å². The van der Waals surface area contributed by atoms with Crippen molar-refractivity contribution in [2.75, 3.05) is 7.11 Å². The number of methoxy groups -OCH3 is 1. The molecule has 0 radical (unpaired) electrons. The molecule has 1 aromatic rings. The third kappa shape index (κ3) is 1.58. The molecule has 0 aliphatic carbocycles. The van der Waals surface area contributed by atoms with E-state index in [1.54, 1.807) is 6.07 Å². The zero-order valence-electron chi connectivity index (χ0n) is 7.65. The number of hydrogen-bond donors (Lipinski definition) is 0. The molecule has 0 amide bonds. The highest BCUT2D eigenvalue weighted by atomic mass is 19.1. The Kier molecular flexibility index (Phi) is 2.69. The van der Waals surface area contributed by atoms with E-state index >= 15 is 0 Å². The van der Waals surface area contributed by atoms with Crippen LogP contribution in [0.2, 0.25) is 0 Å². The van der Waals surface area contributed by atoms with E-state index in [0.717, 1.165) is 17.5 Å². The molecular formula is C10H13FO. The summed E-state index contributed by atoms with van der Waals surface area (Å²) in [6.07, 6.45) is 0.905. The second-order valence-electron chi connectivity index (χ2n) is 2.77. The monoisotopic (exact) mass is 168 g/mol. The number of hydrogen-bond acceptors (Lipinski definition) is 1. The molecule has 2 heteroatoms. The van der Waals surface area contributed by atoms with Gasteiger partial charge in [0.25, 0.3) is 0 Å². The zero-order valence-corrected chi connectivity index (χ0v) is 7.65. The fraction of sp³-hybridized carbons (Fsp3) is 0.400. The van der Waals surface area contributed by atoms with Crippen molar-refractivity contribution in [2.24, 2.45) is 0 Å². The van der Waals surface area contributed by atoms with Crippen molar-refractivity contribution >= 4 is 0 Å². The van der Waals surface area contributed by atoms with Gasteiger partial charge in [-0.05, 0) is 36.6 Å². The van der Waals surface area contributed by atoms with Crippen LogP contribution in [0.3, 0.4) is 0 Å². The highest BCUT2D eigenvalue weighted by Crippen LogP contribution is 2.21. The molecule has 0 unspecified atom stereocenters. The zero-order chi connectivity index (χ0) is 9.14. The van der Waals surface area contributed by atoms with Crippen molar-refractivity contribution in [3.05, 3.63) is 29.1 Å². The minimum absolute atomic E-state index is 0.285. The SMILES string of the molecule is CCc1cc(OC)c(F)cc1C. The smallest absolute Gasteiger partial charge is 0.165 e. The molecule has 1 nitrogen and oxygen atoms in total. The van der Waals surface area contributed by atoms with Gasteiger partial charge in [0.1, 0.15) is 0 Å². The van der Waals surface area contributed by atoms with Crippen molar-refractivity contribution < 1.29 is 9.13 Å². The minimum atomic E-state index is -0.285. The summed E-state index contributed by atoms with van der Waals surface area (Å²) in [4.78, 5) is 0. The first-order chi connectivity index (χ1) is 5.69. The van der Waals surface area contributed by atoms with Gasteiger partial charge in [-0.2, -0.15) is 0 Å². The van der Waals surface area contributed by atoms with Crippen molar-refractivity contribution in [1.29, 1.82) is 0 Å². The van der Waals surface area contributed by atoms with Crippen LogP contribution in [-0.4, -0.2) is 7.11 Å². The Morgan fingerprint density at radius 3 is 2.58 bits per heavy atom. The van der Waals surface area contributed by atoms with Gasteiger partial charge in [0, 0.05) is 0 Å². The first-order valence-corrected chi connectivity index (χ1v) is 4.02. The third-order valence-electron chi connectivity index (χ3n) is 1.99. The van der Waals surface area contributed by atoms with Crippen molar-refractivity contribution in [3.63, 3.8) is 0 Å². The minimum Gasteiger partial charge on any atom is -0.494 e. The van der Waals surface area contributed by atoms with Crippen LogP contribution >= 0.6 is 0 Å². The number of aryl methyl sites for hydroxylation is 2. The Bertz CT molecular complexity index is 256. The standard InChI is InChI=1S/C10H13FO/c1-4-8-6-10(12-3)9(11)5-7(8)2/h5-6H,4H2,1-3H3. The molecule has 0 heterocycles. The van der Waals surface area contributed by atoms with Gasteiger partial charge in [-0.1, -0.05) is 6.92 Å². The summed E-state index contributed by atoms with van der Waals surface area (Å²) in [6, 6.07) is 3.27. The molecule has 0 aromatic heterocycles. The lowest BCUT2D eigenvalue weighted by Gasteiger charge is -2.07. The largest absolute Gasteiger partial charge is 0.494 e. The molecule has 12 heavy (non-hydrogen) atoms. The fourth-order valence-corrected chi connectivity index (χ4v) is 1.23. The molecule has 0 bridgehead atoms. The second-order valence-corrected chi connectivity index (χ2v) is 2.77. The number of halogens is 1. The first kappa shape index (κ1) is 9.04. The van der Waals surface area contributed by atoms with Crippen LogP contribution in [0.1, 0.15) is 18.1 Å². The number of benzene rings is 1. The van der Waals surface area contributed by atoms with E-state index in [9.17, 15) is 4.39 Å². The van der Waals surface area contributed by atoms with E-state index in [1.165, 1.54) is 13.2 Å². The average molecular weight is 168 g/mol. The lowest BCUT2D eigenvalue weighted by atomic mass is 10.1. The van der Waals surface area contributed by atoms with E-state index < -0.39 is 0 Å². The molecule has 66 valence electrons. The quantitative estimate of drug-likeness (QED) is 0.659. The number of ether oxygens (including phenoxy) is 1. The maximum atomic E-state index is 13.0. The Morgan fingerprint density at radius 1 is 1.42 bits per heavy atom. The Morgan fingerprint density at radius 2 is 2.08 bits per heavy atom. The lowest BCUT2D eigenvalue weighted by Crippen LogP contribution is -1.93. The summed E-state index contributed by atoms with van der Waals surface area (Å²) in [7, 11) is 1.48. The van der Waals surface area contributed by atoms with Crippen molar-refractivity contribution in [1.82, 2.24) is 0 Å². The average Bonchev–Trinajstić information content (AvgIpc) is 2.05. The molecule has 0 atom stereocenters. The first-order valence-electron chi connectivity index (χ1n) is 4.02. The van der Waals surface area contributed by atoms with E-state index in [4.69, 9.17) is 4.74 Å². The van der Waals surface area contributed by atoms with Crippen LogP contribution in [0, 0.1) is 12.7 Å². The molecule has 1 rings (SSSR count). The van der Waals surface area contributed by atoms with Gasteiger partial charge >= 0.3 is 0 Å². The van der Waals surface area contributed by atoms with Gasteiger partial charge in [0.15, 0.2) is 11.6 Å². The summed E-state index contributed by atoms with van der Waals surface area (Å²) in [5.74, 6) is 0.0460. The highest BCUT2D eigenvalue weighted by molar-refractivity contribution is 5.36. The van der Waals surface area contributed by atoms with E-state index in [2.05, 4.69) is 0 Å². The van der Waals surface area contributed by atoms with Crippen LogP contribution in [0.4, 0.5) is 4.39 Å². The van der Waals surface area contributed by atoms with E-state index in [0.29, 0.717) is 5.75 Å². The summed E-state index contributed by atoms with van der Waals surface area (Å²) in [5, 5.41) is 0. The number of rotatable bonds is 2. The second kappa shape index (κ2) is 3.57. The van der Waals surface area contributed by atoms with Gasteiger partial charge in [-0.25, -0.2) is 4.39 Å². The van der Waals surface area contributed by atoms with Crippen LogP contribution in [0.5, 0.6) is 5.75 Å². The van der Waals surface area contributed by atoms with Crippen molar-refractivity contribution in [3.8, 4) is 5.75 Å². The fourth-order valence-electron chi connectivity index (χ4n) is 1.23. The molecule has 0 spiro atoms. The van der Waals surface area contributed by atoms with E-state index in [-0.39, 0.29) is 5.82 Å². The van der Waals surface area contributed by atoms with E-state index in [1.807, 2.05) is 13.8 Å². The maximum absolute atomic E-state index is 13.0. The molecule has 0 N–H and O–H groups in total. The molecule has 1 aromatic carbocycles. The molecule has 0 aliphatic rings. The summed E-state index contributed by atoms with van der Waals surface area (Å²) >= 11 is 0. The van der Waals surface area contributed by atoms with Gasteiger partial charge in [-0.15, -0.1) is 0 Å². The Hall–Kier alpha value is -1.05. The molecule has 0 fully saturated rings. The Labute approximate surface area is 72.2 Å². The summed E-state index contributed by atoms with van der Waals surface area (Å²) in [6.45, 7) is 3.95. The van der Waals surface area contributed by atoms with Crippen molar-refractivity contribution in [2.45, 2.75) is 20.3 Å². The lowest BCUT2D eigenvalue weighted by molar-refractivity contribution is 0.385. The van der Waals surface area contributed by atoms with Crippen LogP contribution in [0.15, 0.2) is 12.1 Å². The topological polar surface area (TPSA) is 9.23 Å². The van der Waals surface area contributed by atoms with Crippen LogP contribution < -0.4 is 4.74 Å². The predicted octanol–water partition coefficient (Wildman–Crippen LogP) is 2.71. The predicted molar refractivity (Wildman–Crippen MR) is 47.1 cm³/mol. The molecule has 0 saturated heterocycles.